The van der Waals surface area contributed by atoms with E-state index in [9.17, 15) is 0 Å². The normalized spacial score (nSPS) is 10.8. The van der Waals surface area contributed by atoms with Gasteiger partial charge in [-0.25, -0.2) is 0 Å². The summed E-state index contributed by atoms with van der Waals surface area (Å²) in [7, 11) is 0. The Morgan fingerprint density at radius 3 is 1.15 bits per heavy atom. The number of rotatable bonds is 5. The predicted octanol–water partition coefficient (Wildman–Crippen LogP) is 4.92. The number of carbonyl (C=O) groups excluding carboxylic acids is 3. The summed E-state index contributed by atoms with van der Waals surface area (Å²) < 4.78 is 0. The molecule has 0 aliphatic heterocycles. The molecule has 41 heavy (non-hydrogen) atoms. The molecule has 0 fully saturated rings. The maximum atomic E-state index is 8.00. The smallest absolute Gasteiger partial charge is 0.108 e. The van der Waals surface area contributed by atoms with Crippen LogP contribution in [0.15, 0.2) is 164 Å². The molecular weight excluding hydrogens is 587 g/mol. The molecule has 4 aromatic rings. The standard InChI is InChI=1S/C24H20B.C9H9.3CH2O.Mo/c1-5-13-21(14-6-1)25(22-15-7-2-8-16-22,23-17-9-3-10-18-23)24-19-11-4-12-20-24;1-2-9-7-5-3-4-6-8-9;3*1-2;/h1-20H;2-5,7H,1,6H2;3*1H2;/q2*-1;;;;. The molecule has 0 amide bonds. The molecule has 5 heteroatoms. The average molecular weight is 622 g/mol. The van der Waals surface area contributed by atoms with Crippen molar-refractivity contribution in [2.24, 2.45) is 0 Å². The first kappa shape index (κ1) is 36.6. The Balaban J connectivity index is 0.000000843. The summed E-state index contributed by atoms with van der Waals surface area (Å²) in [5.74, 6) is 0. The van der Waals surface area contributed by atoms with Crippen molar-refractivity contribution in [3.63, 3.8) is 0 Å². The SMILES string of the molecule is C=CC1=[C-]CC=CC=C1.C=O.C=O.C=O.[Mo].c1ccc([B-](c2ccccc2)(c2ccccc2)c2ccccc2)cc1. The maximum absolute atomic E-state index is 8.00. The molecule has 3 nitrogen and oxygen atoms in total. The topological polar surface area (TPSA) is 51.2 Å². The van der Waals surface area contributed by atoms with Crippen LogP contribution < -0.4 is 21.9 Å². The van der Waals surface area contributed by atoms with E-state index in [1.54, 1.807) is 0 Å². The van der Waals surface area contributed by atoms with Gasteiger partial charge < -0.3 is 14.4 Å². The molecule has 208 valence electrons. The quantitative estimate of drug-likeness (QED) is 0.235. The van der Waals surface area contributed by atoms with E-state index in [1.807, 2.05) is 44.7 Å². The monoisotopic (exact) mass is 624 g/mol. The van der Waals surface area contributed by atoms with Crippen LogP contribution in [-0.4, -0.2) is 26.5 Å². The molecule has 4 aromatic carbocycles. The van der Waals surface area contributed by atoms with Crippen LogP contribution in [0.3, 0.4) is 0 Å². The Kier molecular flexibility index (Phi) is 20.0. The van der Waals surface area contributed by atoms with Crippen molar-refractivity contribution in [1.29, 1.82) is 0 Å². The second-order valence-corrected chi connectivity index (χ2v) is 8.34. The van der Waals surface area contributed by atoms with E-state index in [4.69, 9.17) is 14.4 Å². The second-order valence-electron chi connectivity index (χ2n) is 8.34. The van der Waals surface area contributed by atoms with Gasteiger partial charge in [0, 0.05) is 21.1 Å². The zero-order chi connectivity index (χ0) is 29.5. The first-order valence-corrected chi connectivity index (χ1v) is 12.7. The fourth-order valence-corrected chi connectivity index (χ4v) is 4.80. The Morgan fingerprint density at radius 2 is 0.854 bits per heavy atom. The summed E-state index contributed by atoms with van der Waals surface area (Å²) in [5, 5.41) is 0. The van der Waals surface area contributed by atoms with Gasteiger partial charge in [0.15, 0.2) is 0 Å². The minimum Gasteiger partial charge on any atom is -0.307 e. The zero-order valence-corrected chi connectivity index (χ0v) is 25.2. The molecule has 0 N–H and O–H groups in total. The van der Waals surface area contributed by atoms with Crippen LogP contribution in [0.25, 0.3) is 0 Å². The number of carbonyl (C=O) groups is 3. The van der Waals surface area contributed by atoms with Crippen molar-refractivity contribution in [1.82, 2.24) is 0 Å². The van der Waals surface area contributed by atoms with Crippen LogP contribution in [0.1, 0.15) is 6.42 Å². The van der Waals surface area contributed by atoms with Crippen LogP contribution in [0.5, 0.6) is 0 Å². The molecule has 0 radical (unpaired) electrons. The molecule has 1 aliphatic rings. The minimum absolute atomic E-state index is 0. The summed E-state index contributed by atoms with van der Waals surface area (Å²) in [6.45, 7) is 9.65. The zero-order valence-electron chi connectivity index (χ0n) is 23.2. The molecule has 5 rings (SSSR count). The molecule has 0 heterocycles. The summed E-state index contributed by atoms with van der Waals surface area (Å²) in [6, 6.07) is 43.5. The number of hydrogen-bond donors (Lipinski definition) is 0. The summed E-state index contributed by atoms with van der Waals surface area (Å²) in [5.41, 5.74) is 6.44. The van der Waals surface area contributed by atoms with E-state index in [0.717, 1.165) is 12.0 Å². The van der Waals surface area contributed by atoms with Crippen molar-refractivity contribution in [2.75, 3.05) is 0 Å². The van der Waals surface area contributed by atoms with Gasteiger partial charge in [-0.15, -0.1) is 6.08 Å². The van der Waals surface area contributed by atoms with Gasteiger partial charge in [0.1, 0.15) is 26.5 Å². The Hall–Kier alpha value is -4.40. The average Bonchev–Trinajstić information content (AvgIpc) is 3.36. The van der Waals surface area contributed by atoms with E-state index >= 15 is 0 Å². The van der Waals surface area contributed by atoms with E-state index in [2.05, 4.69) is 140 Å². The van der Waals surface area contributed by atoms with Crippen LogP contribution in [0, 0.1) is 6.08 Å². The number of allylic oxidation sites excluding steroid dienone is 7. The van der Waals surface area contributed by atoms with Gasteiger partial charge in [0.25, 0.3) is 0 Å². The van der Waals surface area contributed by atoms with Gasteiger partial charge in [-0.2, -0.15) is 52.2 Å². The fraction of sp³-hybridized carbons (Fsp3) is 0.0278. The molecule has 1 aliphatic carbocycles. The van der Waals surface area contributed by atoms with Crippen molar-refractivity contribution >= 4 is 48.4 Å². The Morgan fingerprint density at radius 1 is 0.537 bits per heavy atom. The Labute approximate surface area is 259 Å². The minimum atomic E-state index is -1.22. The fourth-order valence-electron chi connectivity index (χ4n) is 4.80. The third-order valence-electron chi connectivity index (χ3n) is 6.37. The van der Waals surface area contributed by atoms with E-state index in [-0.39, 0.29) is 21.1 Å². The van der Waals surface area contributed by atoms with Crippen LogP contribution in [0.2, 0.25) is 0 Å². The van der Waals surface area contributed by atoms with Gasteiger partial charge in [0.2, 0.25) is 0 Å². The van der Waals surface area contributed by atoms with Gasteiger partial charge >= 0.3 is 0 Å². The van der Waals surface area contributed by atoms with Gasteiger partial charge in [-0.3, -0.25) is 0 Å². The molecule has 0 spiro atoms. The van der Waals surface area contributed by atoms with Gasteiger partial charge in [0.05, 0.1) is 0 Å². The predicted molar refractivity (Wildman–Crippen MR) is 171 cm³/mol. The molecule has 0 saturated heterocycles. The Bertz CT molecular complexity index is 1150. The van der Waals surface area contributed by atoms with Crippen LogP contribution in [0.4, 0.5) is 0 Å². The third kappa shape index (κ3) is 10.3. The molecule has 0 unspecified atom stereocenters. The van der Waals surface area contributed by atoms with Gasteiger partial charge in [-0.05, 0) is 0 Å². The van der Waals surface area contributed by atoms with Gasteiger partial charge in [-0.1, -0.05) is 140 Å². The number of hydrogen-bond acceptors (Lipinski definition) is 3. The largest absolute Gasteiger partial charge is 0.307 e. The second kappa shape index (κ2) is 22.4. The first-order chi connectivity index (χ1) is 19.9. The summed E-state index contributed by atoms with van der Waals surface area (Å²) in [4.78, 5) is 24.0. The molecule has 0 bridgehead atoms. The van der Waals surface area contributed by atoms with Crippen LogP contribution in [-0.2, 0) is 35.4 Å². The summed E-state index contributed by atoms with van der Waals surface area (Å²) >= 11 is 0. The van der Waals surface area contributed by atoms with Crippen molar-refractivity contribution < 1.29 is 35.4 Å². The summed E-state index contributed by atoms with van der Waals surface area (Å²) in [6.07, 6.45) is 12.7. The van der Waals surface area contributed by atoms with E-state index < -0.39 is 6.15 Å². The van der Waals surface area contributed by atoms with Crippen LogP contribution >= 0.6 is 0 Å². The molecular formula is C36H35BMoO3-2. The first-order valence-electron chi connectivity index (χ1n) is 12.7. The van der Waals surface area contributed by atoms with E-state index in [0.29, 0.717) is 0 Å². The maximum Gasteiger partial charge on any atom is 0.108 e. The molecule has 0 atom stereocenters. The number of benzene rings is 4. The third-order valence-corrected chi connectivity index (χ3v) is 6.37. The van der Waals surface area contributed by atoms with E-state index in [1.165, 1.54) is 21.9 Å². The molecule has 0 saturated carbocycles. The van der Waals surface area contributed by atoms with Crippen molar-refractivity contribution in [2.45, 2.75) is 6.42 Å². The van der Waals surface area contributed by atoms with Crippen molar-refractivity contribution in [3.8, 4) is 0 Å². The molecule has 0 aromatic heterocycles. The van der Waals surface area contributed by atoms with Crippen molar-refractivity contribution in [3.05, 3.63) is 170 Å².